The number of carbonyl (C=O) groups is 1. The predicted molar refractivity (Wildman–Crippen MR) is 102 cm³/mol. The summed E-state index contributed by atoms with van der Waals surface area (Å²) in [6.45, 7) is 0.161. The van der Waals surface area contributed by atoms with Crippen molar-refractivity contribution >= 4 is 34.8 Å². The Hall–Kier alpha value is -2.78. The Bertz CT molecular complexity index is 1020. The van der Waals surface area contributed by atoms with E-state index in [9.17, 15) is 18.0 Å². The molecule has 0 unspecified atom stereocenters. The molecule has 0 aliphatic carbocycles. The van der Waals surface area contributed by atoms with E-state index in [2.05, 4.69) is 20.1 Å². The van der Waals surface area contributed by atoms with Gasteiger partial charge >= 0.3 is 6.18 Å². The van der Waals surface area contributed by atoms with Gasteiger partial charge in [-0.3, -0.25) is 4.79 Å². The number of benzene rings is 1. The van der Waals surface area contributed by atoms with Gasteiger partial charge in [0.1, 0.15) is 0 Å². The molecule has 0 spiro atoms. The number of hydrogen-bond acceptors (Lipinski definition) is 4. The summed E-state index contributed by atoms with van der Waals surface area (Å²) in [5, 5.41) is 6.41. The summed E-state index contributed by atoms with van der Waals surface area (Å²) in [4.78, 5) is 16.8. The zero-order valence-corrected chi connectivity index (χ0v) is 16.3. The maximum Gasteiger partial charge on any atom is 0.422 e. The van der Waals surface area contributed by atoms with Crippen molar-refractivity contribution in [1.29, 1.82) is 0 Å². The summed E-state index contributed by atoms with van der Waals surface area (Å²) in [5.74, 6) is -0.273. The highest BCUT2D eigenvalue weighted by atomic mass is 35.5. The topological polar surface area (TPSA) is 69.0 Å². The Morgan fingerprint density at radius 2 is 1.93 bits per heavy atom. The number of carbonyl (C=O) groups excluding carboxylic acids is 1. The van der Waals surface area contributed by atoms with Crippen LogP contribution in [0.4, 0.5) is 18.9 Å². The van der Waals surface area contributed by atoms with Crippen LogP contribution in [0.1, 0.15) is 16.1 Å². The molecule has 0 saturated heterocycles. The Kier molecular flexibility index (Phi) is 5.99. The average Bonchev–Trinajstić information content (AvgIpc) is 3.02. The largest absolute Gasteiger partial charge is 0.481 e. The summed E-state index contributed by atoms with van der Waals surface area (Å²) < 4.78 is 43.1. The van der Waals surface area contributed by atoms with Gasteiger partial charge < -0.3 is 10.1 Å². The molecule has 11 heteroatoms. The number of alkyl halides is 3. The average molecular weight is 445 g/mol. The number of halogens is 5. The van der Waals surface area contributed by atoms with Crippen LogP contribution in [0.2, 0.25) is 10.0 Å². The minimum atomic E-state index is -4.54. The minimum Gasteiger partial charge on any atom is -0.481 e. The third-order valence-corrected chi connectivity index (χ3v) is 4.32. The van der Waals surface area contributed by atoms with E-state index >= 15 is 0 Å². The van der Waals surface area contributed by atoms with E-state index in [0.29, 0.717) is 11.5 Å². The Morgan fingerprint density at radius 3 is 2.52 bits per heavy atom. The second-order valence-electron chi connectivity index (χ2n) is 5.87. The first-order valence-corrected chi connectivity index (χ1v) is 8.87. The SMILES string of the molecule is Cc1c(C(=O)Nc2cc(Cl)c(OCC(F)(F)F)c(Cl)c2)cnn1-c1ccccn1. The van der Waals surface area contributed by atoms with E-state index in [-0.39, 0.29) is 27.0 Å². The van der Waals surface area contributed by atoms with Crippen LogP contribution in [-0.2, 0) is 0 Å². The fourth-order valence-corrected chi connectivity index (χ4v) is 3.06. The van der Waals surface area contributed by atoms with Gasteiger partial charge in [0.25, 0.3) is 5.91 Å². The van der Waals surface area contributed by atoms with Crippen molar-refractivity contribution in [3.05, 3.63) is 64.0 Å². The third-order valence-electron chi connectivity index (χ3n) is 3.76. The zero-order valence-electron chi connectivity index (χ0n) is 14.8. The number of ether oxygens (including phenoxy) is 1. The summed E-state index contributed by atoms with van der Waals surface area (Å²) in [5.41, 5.74) is 1.01. The first-order chi connectivity index (χ1) is 13.7. The molecule has 0 aliphatic rings. The van der Waals surface area contributed by atoms with Gasteiger partial charge in [0.2, 0.25) is 0 Å². The predicted octanol–water partition coefficient (Wildman–Crippen LogP) is 5.08. The standard InChI is InChI=1S/C18H13Cl2F3N4O2/c1-10-12(8-25-27(10)15-4-2-3-5-24-15)17(28)26-11-6-13(19)16(14(20)7-11)29-9-18(21,22)23/h2-8H,9H2,1H3,(H,26,28). The van der Waals surface area contributed by atoms with Gasteiger partial charge in [-0.1, -0.05) is 29.3 Å². The highest BCUT2D eigenvalue weighted by molar-refractivity contribution is 6.37. The molecule has 29 heavy (non-hydrogen) atoms. The van der Waals surface area contributed by atoms with E-state index in [1.165, 1.54) is 23.0 Å². The highest BCUT2D eigenvalue weighted by Gasteiger charge is 2.29. The van der Waals surface area contributed by atoms with Crippen molar-refractivity contribution in [2.45, 2.75) is 13.1 Å². The molecule has 0 fully saturated rings. The first kappa shape index (κ1) is 20.9. The number of aromatic nitrogens is 3. The lowest BCUT2D eigenvalue weighted by Crippen LogP contribution is -2.19. The van der Waals surface area contributed by atoms with Crippen molar-refractivity contribution in [1.82, 2.24) is 14.8 Å². The first-order valence-electron chi connectivity index (χ1n) is 8.11. The number of rotatable bonds is 5. The van der Waals surface area contributed by atoms with Gasteiger partial charge in [-0.05, 0) is 31.2 Å². The number of amides is 1. The molecule has 0 atom stereocenters. The second-order valence-corrected chi connectivity index (χ2v) is 6.68. The van der Waals surface area contributed by atoms with Crippen LogP contribution in [0, 0.1) is 6.92 Å². The summed E-state index contributed by atoms with van der Waals surface area (Å²) in [6, 6.07) is 7.77. The van der Waals surface area contributed by atoms with E-state index in [0.717, 1.165) is 0 Å². The van der Waals surface area contributed by atoms with Crippen LogP contribution < -0.4 is 10.1 Å². The van der Waals surface area contributed by atoms with Crippen LogP contribution in [0.15, 0.2) is 42.7 Å². The molecule has 0 bridgehead atoms. The molecule has 6 nitrogen and oxygen atoms in total. The van der Waals surface area contributed by atoms with Crippen LogP contribution in [0.3, 0.4) is 0 Å². The number of nitrogens with one attached hydrogen (secondary N) is 1. The third kappa shape index (κ3) is 4.99. The monoisotopic (exact) mass is 444 g/mol. The quantitative estimate of drug-likeness (QED) is 0.595. The minimum absolute atomic E-state index is 0.169. The maximum atomic E-state index is 12.6. The van der Waals surface area contributed by atoms with Crippen LogP contribution in [-0.4, -0.2) is 33.5 Å². The van der Waals surface area contributed by atoms with Crippen molar-refractivity contribution in [2.24, 2.45) is 0 Å². The smallest absolute Gasteiger partial charge is 0.422 e. The lowest BCUT2D eigenvalue weighted by atomic mass is 10.2. The summed E-state index contributed by atoms with van der Waals surface area (Å²) in [7, 11) is 0. The van der Waals surface area contributed by atoms with E-state index < -0.39 is 18.7 Å². The van der Waals surface area contributed by atoms with Gasteiger partial charge in [-0.15, -0.1) is 0 Å². The zero-order chi connectivity index (χ0) is 21.2. The number of anilines is 1. The van der Waals surface area contributed by atoms with Gasteiger partial charge in [0, 0.05) is 11.9 Å². The van der Waals surface area contributed by atoms with E-state index in [1.54, 1.807) is 31.3 Å². The molecule has 0 aliphatic heterocycles. The summed E-state index contributed by atoms with van der Waals surface area (Å²) >= 11 is 11.9. The Balaban J connectivity index is 1.79. The second kappa shape index (κ2) is 8.30. The lowest BCUT2D eigenvalue weighted by Gasteiger charge is -2.13. The number of pyridine rings is 1. The van der Waals surface area contributed by atoms with Gasteiger partial charge in [-0.25, -0.2) is 9.67 Å². The van der Waals surface area contributed by atoms with Crippen molar-refractivity contribution in [3.63, 3.8) is 0 Å². The van der Waals surface area contributed by atoms with E-state index in [1.807, 2.05) is 0 Å². The molecular weight excluding hydrogens is 432 g/mol. The van der Waals surface area contributed by atoms with Crippen molar-refractivity contribution < 1.29 is 22.7 Å². The maximum absolute atomic E-state index is 12.6. The molecule has 3 rings (SSSR count). The molecule has 0 saturated carbocycles. The molecule has 0 radical (unpaired) electrons. The van der Waals surface area contributed by atoms with E-state index in [4.69, 9.17) is 23.2 Å². The number of nitrogens with zero attached hydrogens (tertiary/aromatic N) is 3. The van der Waals surface area contributed by atoms with Gasteiger partial charge in [0.15, 0.2) is 18.2 Å². The molecule has 3 aromatic rings. The van der Waals surface area contributed by atoms with Crippen LogP contribution in [0.5, 0.6) is 5.75 Å². The van der Waals surface area contributed by atoms with Crippen LogP contribution in [0.25, 0.3) is 5.82 Å². The summed E-state index contributed by atoms with van der Waals surface area (Å²) in [6.07, 6.45) is -1.56. The van der Waals surface area contributed by atoms with Gasteiger partial charge in [0.05, 0.1) is 27.5 Å². The molecule has 1 amide bonds. The van der Waals surface area contributed by atoms with Gasteiger partial charge in [-0.2, -0.15) is 18.3 Å². The van der Waals surface area contributed by atoms with Crippen molar-refractivity contribution in [3.8, 4) is 11.6 Å². The fraction of sp³-hybridized carbons (Fsp3) is 0.167. The normalized spacial score (nSPS) is 11.4. The Morgan fingerprint density at radius 1 is 1.24 bits per heavy atom. The molecule has 1 N–H and O–H groups in total. The van der Waals surface area contributed by atoms with Crippen LogP contribution >= 0.6 is 23.2 Å². The molecule has 2 heterocycles. The number of hydrogen-bond donors (Lipinski definition) is 1. The Labute approximate surface area is 173 Å². The molecule has 1 aromatic carbocycles. The molecule has 2 aromatic heterocycles. The fourth-order valence-electron chi connectivity index (χ4n) is 2.46. The lowest BCUT2D eigenvalue weighted by molar-refractivity contribution is -0.153. The highest BCUT2D eigenvalue weighted by Crippen LogP contribution is 2.37. The van der Waals surface area contributed by atoms with Crippen molar-refractivity contribution in [2.75, 3.05) is 11.9 Å². The molecular formula is C18H13Cl2F3N4O2. The molecule has 152 valence electrons.